The van der Waals surface area contributed by atoms with Gasteiger partial charge in [-0.1, -0.05) is 0 Å². The molecule has 1 fully saturated rings. The maximum absolute atomic E-state index is 12.2. The molecule has 0 aliphatic carbocycles. The fourth-order valence-electron chi connectivity index (χ4n) is 2.81. The van der Waals surface area contributed by atoms with Gasteiger partial charge in [0.25, 0.3) is 0 Å². The molecule has 7 nitrogen and oxygen atoms in total. The molecular formula is C16H24N2O5. The molecule has 1 aromatic rings. The Labute approximate surface area is 135 Å². The second kappa shape index (κ2) is 6.72. The SMILES string of the molecule is CC(C)(C)OC(=O)[C@@H]1CCN([C@H](C(=O)O)c2ccco2)[C@@H](N)C1. The second-order valence-electron chi connectivity index (χ2n) is 6.82. The Kier molecular flexibility index (Phi) is 5.11. The minimum atomic E-state index is -1.02. The predicted octanol–water partition coefficient (Wildman–Crippen LogP) is 1.74. The average molecular weight is 324 g/mol. The van der Waals surface area contributed by atoms with Gasteiger partial charge in [0.05, 0.1) is 18.3 Å². The van der Waals surface area contributed by atoms with E-state index >= 15 is 0 Å². The average Bonchev–Trinajstić information content (AvgIpc) is 2.92. The Hall–Kier alpha value is -1.86. The van der Waals surface area contributed by atoms with Gasteiger partial charge in [-0.15, -0.1) is 0 Å². The van der Waals surface area contributed by atoms with Crippen molar-refractivity contribution in [3.05, 3.63) is 24.2 Å². The highest BCUT2D eigenvalue weighted by molar-refractivity contribution is 5.75. The molecule has 0 aromatic carbocycles. The number of carboxylic acids is 1. The molecule has 23 heavy (non-hydrogen) atoms. The topological polar surface area (TPSA) is 106 Å². The summed E-state index contributed by atoms with van der Waals surface area (Å²) in [6, 6.07) is 2.31. The van der Waals surface area contributed by atoms with Gasteiger partial charge in [-0.25, -0.2) is 0 Å². The molecule has 1 aliphatic heterocycles. The molecule has 2 heterocycles. The standard InChI is InChI=1S/C16H24N2O5/c1-16(2,3)23-15(21)10-6-7-18(12(17)9-10)13(14(19)20)11-5-4-8-22-11/h4-5,8,10,12-13H,6-7,9,17H2,1-3H3,(H,19,20)/t10-,12-,13+/m1/s1. The third-order valence-corrected chi connectivity index (χ3v) is 3.81. The molecule has 0 unspecified atom stereocenters. The normalized spacial score (nSPS) is 24.2. The fourth-order valence-corrected chi connectivity index (χ4v) is 2.81. The van der Waals surface area contributed by atoms with Crippen molar-refractivity contribution >= 4 is 11.9 Å². The monoisotopic (exact) mass is 324 g/mol. The smallest absolute Gasteiger partial charge is 0.328 e. The van der Waals surface area contributed by atoms with Gasteiger partial charge in [-0.3, -0.25) is 14.5 Å². The van der Waals surface area contributed by atoms with E-state index < -0.39 is 23.8 Å². The van der Waals surface area contributed by atoms with E-state index in [-0.39, 0.29) is 11.9 Å². The molecule has 0 radical (unpaired) electrons. The van der Waals surface area contributed by atoms with Crippen LogP contribution in [0.2, 0.25) is 0 Å². The van der Waals surface area contributed by atoms with Crippen LogP contribution in [0.1, 0.15) is 45.4 Å². The van der Waals surface area contributed by atoms with Gasteiger partial charge in [0.1, 0.15) is 11.4 Å². The van der Waals surface area contributed by atoms with Crippen LogP contribution in [0.25, 0.3) is 0 Å². The van der Waals surface area contributed by atoms with E-state index in [1.54, 1.807) is 17.0 Å². The highest BCUT2D eigenvalue weighted by atomic mass is 16.6. The molecule has 3 atom stereocenters. The van der Waals surface area contributed by atoms with E-state index in [4.69, 9.17) is 14.9 Å². The Morgan fingerprint density at radius 3 is 2.65 bits per heavy atom. The van der Waals surface area contributed by atoms with Gasteiger partial charge in [-0.2, -0.15) is 0 Å². The summed E-state index contributed by atoms with van der Waals surface area (Å²) in [7, 11) is 0. The lowest BCUT2D eigenvalue weighted by atomic mass is 9.93. The van der Waals surface area contributed by atoms with Gasteiger partial charge in [-0.05, 0) is 45.7 Å². The van der Waals surface area contributed by atoms with Crippen LogP contribution in [0.15, 0.2) is 22.8 Å². The predicted molar refractivity (Wildman–Crippen MR) is 82.3 cm³/mol. The van der Waals surface area contributed by atoms with Crippen LogP contribution in [0.3, 0.4) is 0 Å². The molecule has 1 aromatic heterocycles. The first-order valence-corrected chi connectivity index (χ1v) is 7.69. The van der Waals surface area contributed by atoms with Crippen LogP contribution >= 0.6 is 0 Å². The molecule has 7 heteroatoms. The van der Waals surface area contributed by atoms with Crippen LogP contribution < -0.4 is 5.73 Å². The number of carbonyl (C=O) groups excluding carboxylic acids is 1. The van der Waals surface area contributed by atoms with Crippen molar-refractivity contribution in [2.75, 3.05) is 6.54 Å². The fraction of sp³-hybridized carbons (Fsp3) is 0.625. The van der Waals surface area contributed by atoms with Crippen LogP contribution in [-0.4, -0.2) is 40.3 Å². The first kappa shape index (κ1) is 17.5. The number of likely N-dealkylation sites (tertiary alicyclic amines) is 1. The molecular weight excluding hydrogens is 300 g/mol. The van der Waals surface area contributed by atoms with Gasteiger partial charge in [0.15, 0.2) is 6.04 Å². The first-order valence-electron chi connectivity index (χ1n) is 7.69. The Morgan fingerprint density at radius 1 is 1.48 bits per heavy atom. The maximum atomic E-state index is 12.2. The number of rotatable bonds is 4. The summed E-state index contributed by atoms with van der Waals surface area (Å²) in [6.45, 7) is 5.84. The summed E-state index contributed by atoms with van der Waals surface area (Å²) in [6.07, 6.45) is 1.75. The molecule has 0 spiro atoms. The number of hydrogen-bond acceptors (Lipinski definition) is 6. The highest BCUT2D eigenvalue weighted by Crippen LogP contribution is 2.31. The van der Waals surface area contributed by atoms with E-state index in [0.717, 1.165) is 0 Å². The summed E-state index contributed by atoms with van der Waals surface area (Å²) >= 11 is 0. The molecule has 0 bridgehead atoms. The summed E-state index contributed by atoms with van der Waals surface area (Å²) in [4.78, 5) is 25.4. The number of esters is 1. The first-order chi connectivity index (χ1) is 10.7. The zero-order valence-electron chi connectivity index (χ0n) is 13.7. The largest absolute Gasteiger partial charge is 0.480 e. The lowest BCUT2D eigenvalue weighted by Gasteiger charge is -2.39. The van der Waals surface area contributed by atoms with Gasteiger partial charge in [0, 0.05) is 6.54 Å². The summed E-state index contributed by atoms with van der Waals surface area (Å²) in [5.41, 5.74) is 5.58. The Morgan fingerprint density at radius 2 is 2.17 bits per heavy atom. The number of nitrogens with zero attached hydrogens (tertiary/aromatic N) is 1. The van der Waals surface area contributed by atoms with Gasteiger partial charge >= 0.3 is 11.9 Å². The number of hydrogen-bond donors (Lipinski definition) is 2. The third-order valence-electron chi connectivity index (χ3n) is 3.81. The summed E-state index contributed by atoms with van der Waals surface area (Å²) < 4.78 is 10.6. The van der Waals surface area contributed by atoms with Crippen molar-refractivity contribution in [1.29, 1.82) is 0 Å². The molecule has 128 valence electrons. The van der Waals surface area contributed by atoms with Crippen molar-refractivity contribution in [2.45, 2.75) is 51.4 Å². The van der Waals surface area contributed by atoms with Crippen LogP contribution in [0.5, 0.6) is 0 Å². The minimum Gasteiger partial charge on any atom is -0.480 e. The van der Waals surface area contributed by atoms with E-state index in [2.05, 4.69) is 0 Å². The lowest BCUT2D eigenvalue weighted by molar-refractivity contribution is -0.163. The highest BCUT2D eigenvalue weighted by Gasteiger charge is 2.39. The van der Waals surface area contributed by atoms with Gasteiger partial charge < -0.3 is 20.0 Å². The molecule has 0 amide bonds. The van der Waals surface area contributed by atoms with E-state index in [0.29, 0.717) is 25.1 Å². The number of furan rings is 1. The minimum absolute atomic E-state index is 0.280. The number of aliphatic carboxylic acids is 1. The van der Waals surface area contributed by atoms with Crippen LogP contribution in [0.4, 0.5) is 0 Å². The molecule has 1 saturated heterocycles. The van der Waals surface area contributed by atoms with E-state index in [1.165, 1.54) is 6.26 Å². The quantitative estimate of drug-likeness (QED) is 0.812. The van der Waals surface area contributed by atoms with E-state index in [9.17, 15) is 14.7 Å². The molecule has 1 aliphatic rings. The number of carbonyl (C=O) groups is 2. The van der Waals surface area contributed by atoms with Crippen molar-refractivity contribution < 1.29 is 23.8 Å². The van der Waals surface area contributed by atoms with Crippen LogP contribution in [-0.2, 0) is 14.3 Å². The molecule has 0 saturated carbocycles. The molecule has 2 rings (SSSR count). The number of ether oxygens (including phenoxy) is 1. The van der Waals surface area contributed by atoms with Crippen molar-refractivity contribution in [3.63, 3.8) is 0 Å². The molecule has 3 N–H and O–H groups in total. The number of carboxylic acid groups (broad SMARTS) is 1. The maximum Gasteiger partial charge on any atom is 0.328 e. The third kappa shape index (κ3) is 4.33. The van der Waals surface area contributed by atoms with Crippen molar-refractivity contribution in [2.24, 2.45) is 11.7 Å². The lowest BCUT2D eigenvalue weighted by Crippen LogP contribution is -2.52. The van der Waals surface area contributed by atoms with E-state index in [1.807, 2.05) is 20.8 Å². The van der Waals surface area contributed by atoms with Crippen molar-refractivity contribution in [3.8, 4) is 0 Å². The zero-order valence-corrected chi connectivity index (χ0v) is 13.7. The van der Waals surface area contributed by atoms with Crippen LogP contribution in [0, 0.1) is 5.92 Å². The Balaban J connectivity index is 2.06. The van der Waals surface area contributed by atoms with Gasteiger partial charge in [0.2, 0.25) is 0 Å². The second-order valence-corrected chi connectivity index (χ2v) is 6.82. The Bertz CT molecular complexity index is 549. The summed E-state index contributed by atoms with van der Waals surface area (Å²) in [5, 5.41) is 9.49. The number of piperidine rings is 1. The summed E-state index contributed by atoms with van der Waals surface area (Å²) in [5.74, 6) is -1.28. The van der Waals surface area contributed by atoms with Crippen molar-refractivity contribution in [1.82, 2.24) is 4.90 Å². The zero-order chi connectivity index (χ0) is 17.2. The number of nitrogens with two attached hydrogens (primary N) is 1.